The van der Waals surface area contributed by atoms with Crippen LogP contribution in [0.15, 0.2) is 127 Å². The molecule has 0 saturated carbocycles. The first-order valence-electron chi connectivity index (χ1n) is 23.4. The van der Waals surface area contributed by atoms with Crippen LogP contribution in [0, 0.1) is 33.8 Å². The third-order valence-corrected chi connectivity index (χ3v) is 14.1. The van der Waals surface area contributed by atoms with Crippen LogP contribution in [0.5, 0.6) is 0 Å². The molecule has 2 atom stereocenters. The second-order valence-corrected chi connectivity index (χ2v) is 22.9. The third-order valence-electron chi connectivity index (χ3n) is 12.8. The maximum absolute atomic E-state index is 4.93. The fourth-order valence-corrected chi connectivity index (χ4v) is 10.7. The summed E-state index contributed by atoms with van der Waals surface area (Å²) in [5.74, 6) is 1.25. The van der Waals surface area contributed by atoms with Crippen LogP contribution in [0.4, 0.5) is 0 Å². The Bertz CT molecular complexity index is 2560. The van der Waals surface area contributed by atoms with Crippen molar-refractivity contribution in [3.05, 3.63) is 178 Å². The largest absolute Gasteiger partial charge is 0.184 e. The Morgan fingerprint density at radius 2 is 1.00 bits per heavy atom. The smallest absolute Gasteiger partial charge is 0.0920 e. The van der Waals surface area contributed by atoms with Gasteiger partial charge in [-0.15, -0.1) is 74.6 Å². The first kappa shape index (κ1) is 49.6. The molecule has 4 heteroatoms. The summed E-state index contributed by atoms with van der Waals surface area (Å²) in [7, 11) is 10.7. The SMILES string of the molecule is CCCc1ccc2[cH-]c(C(C)CC)cc2c1-c1cc(C)cc(C)c1.CCCc1ccc2[cH-]c(C(C)CC)cc2c1-c1cc(C)cc(C)c1.[Cl][Zr][Cl].[c-]1cccc2c1[Si]c1ccccc1-2. The topological polar surface area (TPSA) is 0 Å². The molecule has 330 valence electrons. The molecule has 64 heavy (non-hydrogen) atoms. The Kier molecular flexibility index (Phi) is 18.3. The van der Waals surface area contributed by atoms with Crippen LogP contribution in [0.3, 0.4) is 0 Å². The van der Waals surface area contributed by atoms with Crippen LogP contribution in [0.1, 0.15) is 124 Å². The van der Waals surface area contributed by atoms with E-state index >= 15 is 0 Å². The van der Waals surface area contributed by atoms with E-state index in [1.54, 1.807) is 0 Å². The van der Waals surface area contributed by atoms with E-state index in [0.717, 1.165) is 22.4 Å². The molecule has 0 N–H and O–H groups in total. The van der Waals surface area contributed by atoms with Crippen LogP contribution < -0.4 is 10.4 Å². The number of hydrogen-bond acceptors (Lipinski definition) is 0. The van der Waals surface area contributed by atoms with Crippen molar-refractivity contribution in [3.8, 4) is 33.4 Å². The Balaban J connectivity index is 0.000000160. The van der Waals surface area contributed by atoms with E-state index in [-0.39, 0.29) is 0 Å². The molecule has 1 heterocycles. The van der Waals surface area contributed by atoms with Gasteiger partial charge in [0.2, 0.25) is 0 Å². The quantitative estimate of drug-likeness (QED) is 0.0946. The fourth-order valence-electron chi connectivity index (χ4n) is 9.34. The summed E-state index contributed by atoms with van der Waals surface area (Å²) in [5.41, 5.74) is 19.7. The van der Waals surface area contributed by atoms with Gasteiger partial charge in [-0.2, -0.15) is 41.6 Å². The van der Waals surface area contributed by atoms with Crippen LogP contribution >= 0.6 is 17.0 Å². The zero-order valence-corrected chi connectivity index (χ0v) is 44.7. The Labute approximate surface area is 407 Å². The minimum absolute atomic E-state index is 0.624. The van der Waals surface area contributed by atoms with Crippen molar-refractivity contribution in [1.29, 1.82) is 0 Å². The first-order valence-corrected chi connectivity index (χ1v) is 30.7. The average molecular weight is 976 g/mol. The summed E-state index contributed by atoms with van der Waals surface area (Å²) in [6.07, 6.45) is 7.03. The molecule has 0 spiro atoms. The van der Waals surface area contributed by atoms with Gasteiger partial charge in [0.15, 0.2) is 0 Å². The molecule has 0 amide bonds. The van der Waals surface area contributed by atoms with E-state index in [1.165, 1.54) is 135 Å². The molecule has 0 bridgehead atoms. The summed E-state index contributed by atoms with van der Waals surface area (Å²) in [6, 6.07) is 51.1. The van der Waals surface area contributed by atoms with Gasteiger partial charge in [-0.3, -0.25) is 0 Å². The molecular formula is C60H65Cl2SiZr-3. The zero-order valence-electron chi connectivity index (χ0n) is 39.8. The standard InChI is InChI=1S/2C24H29.C12H7Si.2ClH.Zr/c2*1-6-8-19-9-10-20-14-21(18(5)7-2)15-23(20)24(19)22-12-16(3)11-17(4)13-22;1-3-7-11-9(5-1)10-6-2-4-8-12(10)13-11;;;/h2*9-15,18H,6-8H2,1-5H3;1-7H;2*1H;/q3*-1;;;+2/p-2. The first-order chi connectivity index (χ1) is 30.9. The number of fused-ring (bicyclic) bond motifs is 5. The van der Waals surface area contributed by atoms with Crippen LogP contribution in [-0.4, -0.2) is 9.52 Å². The molecule has 1 aliphatic rings. The third kappa shape index (κ3) is 12.0. The van der Waals surface area contributed by atoms with Crippen molar-refractivity contribution in [2.45, 2.75) is 120 Å². The minimum atomic E-state index is -0.826. The van der Waals surface area contributed by atoms with E-state index < -0.39 is 20.8 Å². The van der Waals surface area contributed by atoms with E-state index in [1.807, 2.05) is 6.07 Å². The van der Waals surface area contributed by atoms with Crippen molar-refractivity contribution in [2.24, 2.45) is 0 Å². The van der Waals surface area contributed by atoms with Crippen LogP contribution in [-0.2, 0) is 33.7 Å². The maximum atomic E-state index is 4.93. The second kappa shape index (κ2) is 23.6. The Morgan fingerprint density at radius 1 is 0.562 bits per heavy atom. The van der Waals surface area contributed by atoms with Crippen LogP contribution in [0.2, 0.25) is 0 Å². The molecule has 2 unspecified atom stereocenters. The summed E-state index contributed by atoms with van der Waals surface area (Å²) in [4.78, 5) is 0. The van der Waals surface area contributed by atoms with E-state index in [4.69, 9.17) is 17.0 Å². The second-order valence-electron chi connectivity index (χ2n) is 17.9. The summed E-state index contributed by atoms with van der Waals surface area (Å²) >= 11 is -0.826. The molecule has 0 saturated heterocycles. The van der Waals surface area contributed by atoms with Gasteiger partial charge in [-0.05, 0) is 63.5 Å². The van der Waals surface area contributed by atoms with Crippen molar-refractivity contribution in [1.82, 2.24) is 0 Å². The molecule has 8 aromatic carbocycles. The van der Waals surface area contributed by atoms with Crippen molar-refractivity contribution in [3.63, 3.8) is 0 Å². The number of aryl methyl sites for hydroxylation is 6. The molecule has 0 aliphatic carbocycles. The van der Waals surface area contributed by atoms with Crippen molar-refractivity contribution >= 4 is 58.5 Å². The molecule has 0 nitrogen and oxygen atoms in total. The number of rotatable bonds is 10. The Hall–Kier alpha value is -3.78. The van der Waals surface area contributed by atoms with E-state index in [2.05, 4.69) is 197 Å². The fraction of sp³-hybridized carbons (Fsp3) is 0.300. The molecule has 0 aromatic heterocycles. The van der Waals surface area contributed by atoms with Gasteiger partial charge in [0.1, 0.15) is 0 Å². The van der Waals surface area contributed by atoms with Gasteiger partial charge in [-0.1, -0.05) is 183 Å². The monoisotopic (exact) mass is 973 g/mol. The van der Waals surface area contributed by atoms with Gasteiger partial charge >= 0.3 is 37.9 Å². The van der Waals surface area contributed by atoms with E-state index in [9.17, 15) is 0 Å². The summed E-state index contributed by atoms with van der Waals surface area (Å²) < 4.78 is 0. The van der Waals surface area contributed by atoms with Gasteiger partial charge in [0.25, 0.3) is 0 Å². The van der Waals surface area contributed by atoms with Crippen molar-refractivity contribution in [2.75, 3.05) is 0 Å². The van der Waals surface area contributed by atoms with Gasteiger partial charge in [-0.25, -0.2) is 0 Å². The number of hydrogen-bond donors (Lipinski definition) is 0. The zero-order chi connectivity index (χ0) is 45.9. The molecule has 0 fully saturated rings. The normalized spacial score (nSPS) is 12.2. The van der Waals surface area contributed by atoms with Crippen LogP contribution in [0.25, 0.3) is 54.9 Å². The molecule has 2 radical (unpaired) electrons. The molecular weight excluding hydrogens is 911 g/mol. The summed E-state index contributed by atoms with van der Waals surface area (Å²) in [6.45, 7) is 22.5. The van der Waals surface area contributed by atoms with Crippen molar-refractivity contribution < 1.29 is 20.8 Å². The van der Waals surface area contributed by atoms with Gasteiger partial charge in [0, 0.05) is 0 Å². The molecule has 8 aromatic rings. The van der Waals surface area contributed by atoms with Gasteiger partial charge < -0.3 is 0 Å². The molecule has 1 aliphatic heterocycles. The average Bonchev–Trinajstić information content (AvgIpc) is 4.02. The minimum Gasteiger partial charge on any atom is -0.184 e. The number of halogens is 2. The summed E-state index contributed by atoms with van der Waals surface area (Å²) in [5, 5.41) is 8.46. The Morgan fingerprint density at radius 3 is 1.44 bits per heavy atom. The van der Waals surface area contributed by atoms with E-state index in [0.29, 0.717) is 11.8 Å². The number of benzene rings is 6. The predicted octanol–water partition coefficient (Wildman–Crippen LogP) is 17.1. The predicted molar refractivity (Wildman–Crippen MR) is 282 cm³/mol. The maximum Gasteiger partial charge on any atom is 0.0920 e. The van der Waals surface area contributed by atoms with Gasteiger partial charge in [0.05, 0.1) is 9.52 Å². The molecule has 9 rings (SSSR count).